The SMILES string of the molecule is CCC1C(=O)NC(C(C)(C)C)C(=O)N1CCCCC(C)C. The zero-order valence-corrected chi connectivity index (χ0v) is 14.5. The van der Waals surface area contributed by atoms with Crippen LogP contribution in [0.1, 0.15) is 67.2 Å². The van der Waals surface area contributed by atoms with Gasteiger partial charge >= 0.3 is 0 Å². The molecule has 0 aliphatic carbocycles. The molecule has 0 aromatic heterocycles. The second kappa shape index (κ2) is 7.28. The Labute approximate surface area is 129 Å². The molecule has 1 N–H and O–H groups in total. The highest BCUT2D eigenvalue weighted by molar-refractivity contribution is 5.97. The van der Waals surface area contributed by atoms with Gasteiger partial charge in [-0.1, -0.05) is 54.4 Å². The lowest BCUT2D eigenvalue weighted by atomic mass is 9.83. The monoisotopic (exact) mass is 296 g/mol. The molecule has 1 rings (SSSR count). The lowest BCUT2D eigenvalue weighted by Gasteiger charge is -2.43. The predicted octanol–water partition coefficient (Wildman–Crippen LogP) is 2.96. The van der Waals surface area contributed by atoms with Crippen LogP contribution < -0.4 is 5.32 Å². The maximum atomic E-state index is 12.7. The maximum absolute atomic E-state index is 12.7. The van der Waals surface area contributed by atoms with Gasteiger partial charge in [0, 0.05) is 6.54 Å². The van der Waals surface area contributed by atoms with Gasteiger partial charge in [0.05, 0.1) is 0 Å². The molecule has 0 radical (unpaired) electrons. The molecule has 0 aromatic carbocycles. The van der Waals surface area contributed by atoms with Crippen LogP contribution in [-0.4, -0.2) is 35.3 Å². The third-order valence-corrected chi connectivity index (χ3v) is 4.18. The van der Waals surface area contributed by atoms with Crippen molar-refractivity contribution < 1.29 is 9.59 Å². The highest BCUT2D eigenvalue weighted by Gasteiger charge is 2.44. The van der Waals surface area contributed by atoms with Crippen molar-refractivity contribution in [2.45, 2.75) is 79.3 Å². The van der Waals surface area contributed by atoms with Gasteiger partial charge in [-0.25, -0.2) is 0 Å². The summed E-state index contributed by atoms with van der Waals surface area (Å²) in [6, 6.07) is -0.701. The Morgan fingerprint density at radius 1 is 1.19 bits per heavy atom. The minimum Gasteiger partial charge on any atom is -0.342 e. The fraction of sp³-hybridized carbons (Fsp3) is 0.882. The minimum atomic E-state index is -0.405. The van der Waals surface area contributed by atoms with E-state index < -0.39 is 6.04 Å². The molecule has 2 atom stereocenters. The number of hydrogen-bond acceptors (Lipinski definition) is 2. The molecular weight excluding hydrogens is 264 g/mol. The van der Waals surface area contributed by atoms with Gasteiger partial charge in [-0.15, -0.1) is 0 Å². The minimum absolute atomic E-state index is 0.000819. The molecule has 1 aliphatic heterocycles. The van der Waals surface area contributed by atoms with Gasteiger partial charge in [0.25, 0.3) is 0 Å². The standard InChI is InChI=1S/C17H32N2O2/c1-7-13-15(20)18-14(17(4,5)6)16(21)19(13)11-9-8-10-12(2)3/h12-14H,7-11H2,1-6H3,(H,18,20). The van der Waals surface area contributed by atoms with Crippen molar-refractivity contribution in [3.05, 3.63) is 0 Å². The van der Waals surface area contributed by atoms with Gasteiger partial charge in [-0.3, -0.25) is 9.59 Å². The first-order valence-corrected chi connectivity index (χ1v) is 8.29. The van der Waals surface area contributed by atoms with Gasteiger partial charge in [0.1, 0.15) is 12.1 Å². The van der Waals surface area contributed by atoms with Crippen molar-refractivity contribution in [2.75, 3.05) is 6.54 Å². The van der Waals surface area contributed by atoms with E-state index in [4.69, 9.17) is 0 Å². The summed E-state index contributed by atoms with van der Waals surface area (Å²) in [5.74, 6) is 0.772. The summed E-state index contributed by atoms with van der Waals surface area (Å²) in [6.07, 6.45) is 3.94. The molecule has 1 fully saturated rings. The second-order valence-corrected chi connectivity index (χ2v) is 7.65. The average Bonchev–Trinajstić information content (AvgIpc) is 2.36. The van der Waals surface area contributed by atoms with Crippen LogP contribution in [-0.2, 0) is 9.59 Å². The van der Waals surface area contributed by atoms with Gasteiger partial charge < -0.3 is 10.2 Å². The molecule has 2 unspecified atom stereocenters. The number of hydrogen-bond donors (Lipinski definition) is 1. The third-order valence-electron chi connectivity index (χ3n) is 4.18. The quantitative estimate of drug-likeness (QED) is 0.766. The van der Waals surface area contributed by atoms with Crippen LogP contribution in [0.3, 0.4) is 0 Å². The van der Waals surface area contributed by atoms with E-state index >= 15 is 0 Å². The number of carbonyl (C=O) groups excluding carboxylic acids is 2. The molecule has 1 aliphatic rings. The van der Waals surface area contributed by atoms with E-state index in [1.54, 1.807) is 0 Å². The number of piperazine rings is 1. The molecule has 122 valence electrons. The molecule has 2 amide bonds. The summed E-state index contributed by atoms with van der Waals surface area (Å²) >= 11 is 0. The summed E-state index contributed by atoms with van der Waals surface area (Å²) in [7, 11) is 0. The van der Waals surface area contributed by atoms with Gasteiger partial charge in [-0.05, 0) is 24.2 Å². The van der Waals surface area contributed by atoms with Crippen LogP contribution in [0, 0.1) is 11.3 Å². The Hall–Kier alpha value is -1.06. The van der Waals surface area contributed by atoms with E-state index in [2.05, 4.69) is 19.2 Å². The van der Waals surface area contributed by atoms with Crippen LogP contribution >= 0.6 is 0 Å². The molecule has 21 heavy (non-hydrogen) atoms. The summed E-state index contributed by atoms with van der Waals surface area (Å²) in [6.45, 7) is 13.1. The van der Waals surface area contributed by atoms with E-state index in [-0.39, 0.29) is 23.3 Å². The molecular formula is C17H32N2O2. The van der Waals surface area contributed by atoms with E-state index in [9.17, 15) is 9.59 Å². The van der Waals surface area contributed by atoms with E-state index in [0.717, 1.165) is 12.8 Å². The van der Waals surface area contributed by atoms with Crippen molar-refractivity contribution in [3.8, 4) is 0 Å². The normalized spacial score (nSPS) is 23.7. The van der Waals surface area contributed by atoms with Crippen LogP contribution in [0.25, 0.3) is 0 Å². The first-order chi connectivity index (χ1) is 9.68. The lowest BCUT2D eigenvalue weighted by Crippen LogP contribution is -2.66. The van der Waals surface area contributed by atoms with E-state index in [1.165, 1.54) is 6.42 Å². The van der Waals surface area contributed by atoms with Crippen LogP contribution in [0.15, 0.2) is 0 Å². The van der Waals surface area contributed by atoms with Gasteiger partial charge in [0.15, 0.2) is 0 Å². The number of rotatable bonds is 6. The van der Waals surface area contributed by atoms with Crippen LogP contribution in [0.5, 0.6) is 0 Å². The molecule has 0 spiro atoms. The largest absolute Gasteiger partial charge is 0.342 e. The molecule has 4 heteroatoms. The average molecular weight is 296 g/mol. The maximum Gasteiger partial charge on any atom is 0.246 e. The fourth-order valence-electron chi connectivity index (χ4n) is 2.85. The van der Waals surface area contributed by atoms with Crippen molar-refractivity contribution in [2.24, 2.45) is 11.3 Å². The lowest BCUT2D eigenvalue weighted by molar-refractivity contribution is -0.152. The van der Waals surface area contributed by atoms with E-state index in [0.29, 0.717) is 18.9 Å². The molecule has 4 nitrogen and oxygen atoms in total. The summed E-state index contributed by atoms with van der Waals surface area (Å²) < 4.78 is 0. The summed E-state index contributed by atoms with van der Waals surface area (Å²) in [4.78, 5) is 26.8. The summed E-state index contributed by atoms with van der Waals surface area (Å²) in [5, 5.41) is 2.92. The van der Waals surface area contributed by atoms with Crippen molar-refractivity contribution in [1.82, 2.24) is 10.2 Å². The number of amides is 2. The number of nitrogens with one attached hydrogen (secondary N) is 1. The molecule has 0 bridgehead atoms. The number of carbonyl (C=O) groups is 2. The number of nitrogens with zero attached hydrogens (tertiary/aromatic N) is 1. The van der Waals surface area contributed by atoms with Gasteiger partial charge in [0.2, 0.25) is 11.8 Å². The smallest absolute Gasteiger partial charge is 0.246 e. The molecule has 1 heterocycles. The first kappa shape index (κ1) is 18.0. The third kappa shape index (κ3) is 4.72. The Balaban J connectivity index is 2.75. The van der Waals surface area contributed by atoms with Crippen molar-refractivity contribution in [1.29, 1.82) is 0 Å². The molecule has 0 aromatic rings. The first-order valence-electron chi connectivity index (χ1n) is 8.29. The Morgan fingerprint density at radius 3 is 2.29 bits per heavy atom. The van der Waals surface area contributed by atoms with Crippen molar-refractivity contribution in [3.63, 3.8) is 0 Å². The predicted molar refractivity (Wildman–Crippen MR) is 85.9 cm³/mol. The second-order valence-electron chi connectivity index (χ2n) is 7.65. The Bertz CT molecular complexity index is 371. The fourth-order valence-corrected chi connectivity index (χ4v) is 2.85. The van der Waals surface area contributed by atoms with Gasteiger partial charge in [-0.2, -0.15) is 0 Å². The van der Waals surface area contributed by atoms with Crippen LogP contribution in [0.4, 0.5) is 0 Å². The highest BCUT2D eigenvalue weighted by Crippen LogP contribution is 2.26. The topological polar surface area (TPSA) is 49.4 Å². The zero-order chi connectivity index (χ0) is 16.2. The molecule has 0 saturated carbocycles. The highest BCUT2D eigenvalue weighted by atomic mass is 16.2. The Kier molecular flexibility index (Phi) is 6.24. The Morgan fingerprint density at radius 2 is 1.81 bits per heavy atom. The zero-order valence-electron chi connectivity index (χ0n) is 14.5. The van der Waals surface area contributed by atoms with Crippen molar-refractivity contribution >= 4 is 11.8 Å². The number of unbranched alkanes of at least 4 members (excludes halogenated alkanes) is 1. The summed E-state index contributed by atoms with van der Waals surface area (Å²) in [5.41, 5.74) is -0.248. The van der Waals surface area contributed by atoms with Crippen LogP contribution in [0.2, 0.25) is 0 Å². The van der Waals surface area contributed by atoms with E-state index in [1.807, 2.05) is 32.6 Å². The molecule has 1 saturated heterocycles.